The topological polar surface area (TPSA) is 35.9 Å². The zero-order valence-corrected chi connectivity index (χ0v) is 16.0. The molecule has 3 rings (SSSR count). The van der Waals surface area contributed by atoms with E-state index in [4.69, 9.17) is 16.3 Å². The largest absolute Gasteiger partial charge is 0.389 e. The minimum absolute atomic E-state index is 0.364. The van der Waals surface area contributed by atoms with Gasteiger partial charge >= 0.3 is 0 Å². The van der Waals surface area contributed by atoms with Crippen LogP contribution < -0.4 is 4.90 Å². The van der Waals surface area contributed by atoms with Crippen molar-refractivity contribution >= 4 is 17.3 Å². The molecule has 0 radical (unpaired) electrons. The van der Waals surface area contributed by atoms with Gasteiger partial charge in [0.05, 0.1) is 19.3 Å². The highest BCUT2D eigenvalue weighted by atomic mass is 35.5. The second kappa shape index (κ2) is 9.38. The first-order valence-electron chi connectivity index (χ1n) is 9.15. The number of hydrogen-bond donors (Lipinski definition) is 1. The Kier molecular flexibility index (Phi) is 6.92. The molecule has 1 atom stereocenters. The van der Waals surface area contributed by atoms with Gasteiger partial charge in [-0.15, -0.1) is 0 Å². The highest BCUT2D eigenvalue weighted by molar-refractivity contribution is 6.30. The van der Waals surface area contributed by atoms with Crippen molar-refractivity contribution in [3.63, 3.8) is 0 Å². The number of ether oxygens (including phenoxy) is 1. The van der Waals surface area contributed by atoms with Crippen LogP contribution in [0.2, 0.25) is 5.02 Å². The number of aryl methyl sites for hydroxylation is 1. The molecule has 1 unspecified atom stereocenters. The second-order valence-electron chi connectivity index (χ2n) is 6.87. The number of aliphatic hydroxyl groups excluding tert-OH is 1. The average Bonchev–Trinajstić information content (AvgIpc) is 2.65. The molecular weight excluding hydrogens is 348 g/mol. The quantitative estimate of drug-likeness (QED) is 0.806. The molecule has 0 aliphatic carbocycles. The molecule has 5 heteroatoms. The summed E-state index contributed by atoms with van der Waals surface area (Å²) in [6.45, 7) is 7.42. The molecule has 26 heavy (non-hydrogen) atoms. The molecule has 1 aliphatic heterocycles. The Morgan fingerprint density at radius 2 is 1.81 bits per heavy atom. The van der Waals surface area contributed by atoms with E-state index in [1.165, 1.54) is 11.3 Å². The van der Waals surface area contributed by atoms with Gasteiger partial charge in [0.2, 0.25) is 0 Å². The normalized spacial score (nSPS) is 16.7. The van der Waals surface area contributed by atoms with E-state index in [0.29, 0.717) is 19.8 Å². The number of anilines is 1. The Morgan fingerprint density at radius 3 is 2.54 bits per heavy atom. The number of β-amino-alcohol motifs (C(OH)–C–C–N with tert-alkyl or cyclic N) is 1. The summed E-state index contributed by atoms with van der Waals surface area (Å²) >= 11 is 6.14. The molecule has 0 spiro atoms. The predicted molar refractivity (Wildman–Crippen MR) is 107 cm³/mol. The van der Waals surface area contributed by atoms with Crippen LogP contribution in [0.1, 0.15) is 11.1 Å². The Morgan fingerprint density at radius 1 is 1.08 bits per heavy atom. The van der Waals surface area contributed by atoms with E-state index < -0.39 is 6.10 Å². The first-order chi connectivity index (χ1) is 12.6. The minimum Gasteiger partial charge on any atom is -0.389 e. The van der Waals surface area contributed by atoms with Crippen LogP contribution in [0.25, 0.3) is 0 Å². The lowest BCUT2D eigenvalue weighted by Crippen LogP contribution is -2.49. The number of rotatable bonds is 7. The lowest BCUT2D eigenvalue weighted by molar-refractivity contribution is 0.00914. The summed E-state index contributed by atoms with van der Waals surface area (Å²) < 4.78 is 5.64. The summed E-state index contributed by atoms with van der Waals surface area (Å²) in [4.78, 5) is 4.67. The van der Waals surface area contributed by atoms with Gasteiger partial charge in [-0.05, 0) is 30.2 Å². The summed E-state index contributed by atoms with van der Waals surface area (Å²) in [5.74, 6) is 0. The van der Waals surface area contributed by atoms with Gasteiger partial charge in [0, 0.05) is 43.4 Å². The molecule has 0 saturated carbocycles. The smallest absolute Gasteiger partial charge is 0.0900 e. The Labute approximate surface area is 160 Å². The van der Waals surface area contributed by atoms with Gasteiger partial charge in [-0.25, -0.2) is 0 Å². The molecule has 1 saturated heterocycles. The van der Waals surface area contributed by atoms with Crippen molar-refractivity contribution in [2.75, 3.05) is 44.2 Å². The third kappa shape index (κ3) is 5.45. The van der Waals surface area contributed by atoms with Gasteiger partial charge in [-0.3, -0.25) is 4.90 Å². The number of nitrogens with zero attached hydrogens (tertiary/aromatic N) is 2. The predicted octanol–water partition coefficient (Wildman–Crippen LogP) is 3.35. The summed E-state index contributed by atoms with van der Waals surface area (Å²) in [5, 5.41) is 11.0. The highest BCUT2D eigenvalue weighted by Crippen LogP contribution is 2.25. The molecule has 2 aromatic carbocycles. The fraction of sp³-hybridized carbons (Fsp3) is 0.429. The number of hydrogen-bond acceptors (Lipinski definition) is 4. The second-order valence-corrected chi connectivity index (χ2v) is 7.31. The van der Waals surface area contributed by atoms with Crippen molar-refractivity contribution in [3.05, 3.63) is 64.7 Å². The number of halogens is 1. The van der Waals surface area contributed by atoms with Crippen molar-refractivity contribution in [3.8, 4) is 0 Å². The Bertz CT molecular complexity index is 688. The summed E-state index contributed by atoms with van der Waals surface area (Å²) in [6.07, 6.45) is -0.460. The first kappa shape index (κ1) is 19.2. The van der Waals surface area contributed by atoms with Crippen molar-refractivity contribution in [2.45, 2.75) is 19.6 Å². The van der Waals surface area contributed by atoms with Crippen LogP contribution in [0.4, 0.5) is 5.69 Å². The fourth-order valence-corrected chi connectivity index (χ4v) is 3.50. The lowest BCUT2D eigenvalue weighted by Gasteiger charge is -2.37. The minimum atomic E-state index is -0.460. The molecule has 2 aromatic rings. The van der Waals surface area contributed by atoms with Crippen molar-refractivity contribution in [1.29, 1.82) is 0 Å². The van der Waals surface area contributed by atoms with Gasteiger partial charge < -0.3 is 14.7 Å². The van der Waals surface area contributed by atoms with E-state index in [-0.39, 0.29) is 0 Å². The monoisotopic (exact) mass is 374 g/mol. The third-order valence-corrected chi connectivity index (χ3v) is 5.01. The van der Waals surface area contributed by atoms with Crippen LogP contribution in [0, 0.1) is 6.92 Å². The van der Waals surface area contributed by atoms with Crippen LogP contribution in [0.3, 0.4) is 0 Å². The van der Waals surface area contributed by atoms with Crippen LogP contribution in [0.15, 0.2) is 48.5 Å². The van der Waals surface area contributed by atoms with Crippen molar-refractivity contribution in [2.24, 2.45) is 0 Å². The standard InChI is InChI=1S/C21H27ClN2O2/c1-17-7-8-19(22)13-21(17)24-11-9-23(10-12-24)14-20(25)16-26-15-18-5-3-2-4-6-18/h2-8,13,20,25H,9-12,14-16H2,1H3. The van der Waals surface area contributed by atoms with E-state index in [0.717, 1.165) is 36.8 Å². The molecule has 4 nitrogen and oxygen atoms in total. The van der Waals surface area contributed by atoms with E-state index in [1.807, 2.05) is 42.5 Å². The molecule has 140 valence electrons. The zero-order chi connectivity index (χ0) is 18.4. The number of aliphatic hydroxyl groups is 1. The lowest BCUT2D eigenvalue weighted by atomic mass is 10.1. The Balaban J connectivity index is 1.40. The van der Waals surface area contributed by atoms with Crippen LogP contribution in [0.5, 0.6) is 0 Å². The van der Waals surface area contributed by atoms with Gasteiger partial charge in [0.1, 0.15) is 0 Å². The fourth-order valence-electron chi connectivity index (χ4n) is 3.33. The maximum Gasteiger partial charge on any atom is 0.0900 e. The van der Waals surface area contributed by atoms with E-state index >= 15 is 0 Å². The summed E-state index contributed by atoms with van der Waals surface area (Å²) in [7, 11) is 0. The molecule has 0 amide bonds. The van der Waals surface area contributed by atoms with Gasteiger partial charge in [0.15, 0.2) is 0 Å². The SMILES string of the molecule is Cc1ccc(Cl)cc1N1CCN(CC(O)COCc2ccccc2)CC1. The summed E-state index contributed by atoms with van der Waals surface area (Å²) in [5.41, 5.74) is 3.59. The average molecular weight is 375 g/mol. The van der Waals surface area contributed by atoms with Gasteiger partial charge in [-0.1, -0.05) is 48.0 Å². The third-order valence-electron chi connectivity index (χ3n) is 4.77. The number of piperazine rings is 1. The first-order valence-corrected chi connectivity index (χ1v) is 9.53. The molecule has 1 heterocycles. The van der Waals surface area contributed by atoms with Crippen molar-refractivity contribution < 1.29 is 9.84 Å². The zero-order valence-electron chi connectivity index (χ0n) is 15.3. The van der Waals surface area contributed by atoms with Crippen LogP contribution >= 0.6 is 11.6 Å². The van der Waals surface area contributed by atoms with Crippen molar-refractivity contribution in [1.82, 2.24) is 4.90 Å². The molecule has 1 N–H and O–H groups in total. The highest BCUT2D eigenvalue weighted by Gasteiger charge is 2.20. The van der Waals surface area contributed by atoms with Crippen LogP contribution in [-0.4, -0.2) is 55.4 Å². The molecular formula is C21H27ClN2O2. The molecule has 1 aliphatic rings. The summed E-state index contributed by atoms with van der Waals surface area (Å²) in [6, 6.07) is 16.1. The molecule has 0 aromatic heterocycles. The Hall–Kier alpha value is -1.59. The van der Waals surface area contributed by atoms with E-state index in [9.17, 15) is 5.11 Å². The van der Waals surface area contributed by atoms with Gasteiger partial charge in [0.25, 0.3) is 0 Å². The molecule has 1 fully saturated rings. The van der Waals surface area contributed by atoms with E-state index in [2.05, 4.69) is 22.8 Å². The maximum absolute atomic E-state index is 10.2. The van der Waals surface area contributed by atoms with Crippen LogP contribution in [-0.2, 0) is 11.3 Å². The van der Waals surface area contributed by atoms with Gasteiger partial charge in [-0.2, -0.15) is 0 Å². The number of benzene rings is 2. The van der Waals surface area contributed by atoms with E-state index in [1.54, 1.807) is 0 Å². The molecule has 0 bridgehead atoms. The maximum atomic E-state index is 10.2.